The quantitative estimate of drug-likeness (QED) is 0.768. The van der Waals surface area contributed by atoms with Gasteiger partial charge < -0.3 is 4.42 Å². The molecule has 1 aliphatic heterocycles. The number of benzene rings is 1. The highest BCUT2D eigenvalue weighted by atomic mass is 19.4. The molecule has 10 heteroatoms. The van der Waals surface area contributed by atoms with Gasteiger partial charge in [0.15, 0.2) is 0 Å². The molecule has 1 aliphatic rings. The van der Waals surface area contributed by atoms with Gasteiger partial charge >= 0.3 is 12.1 Å². The van der Waals surface area contributed by atoms with Crippen molar-refractivity contribution in [2.45, 2.75) is 32.2 Å². The average molecular weight is 376 g/mol. The van der Waals surface area contributed by atoms with Crippen molar-refractivity contribution in [1.29, 1.82) is 0 Å². The van der Waals surface area contributed by atoms with E-state index in [1.807, 2.05) is 11.8 Å². The summed E-state index contributed by atoms with van der Waals surface area (Å²) in [4.78, 5) is 3.96. The average Bonchev–Trinajstić information content (AvgIpc) is 2.98. The maximum absolute atomic E-state index is 13.3. The summed E-state index contributed by atoms with van der Waals surface area (Å²) in [6.07, 6.45) is -4.66. The van der Waals surface area contributed by atoms with E-state index in [2.05, 4.69) is 19.5 Å². The Labute approximate surface area is 146 Å². The summed E-state index contributed by atoms with van der Waals surface area (Å²) in [5.41, 5.74) is 0.537. The normalized spacial score (nSPS) is 19.8. The number of hydrogen-bond acceptors (Lipinski definition) is 5. The summed E-state index contributed by atoms with van der Waals surface area (Å²) in [5, 5.41) is 6.44. The van der Waals surface area contributed by atoms with Crippen LogP contribution in [0.2, 0.25) is 0 Å². The molecule has 1 aromatic heterocycles. The predicted molar refractivity (Wildman–Crippen MR) is 80.8 cm³/mol. The molecule has 1 unspecified atom stereocenters. The third kappa shape index (κ3) is 4.55. The maximum Gasteiger partial charge on any atom is 0.470 e. The zero-order valence-corrected chi connectivity index (χ0v) is 13.9. The highest BCUT2D eigenvalue weighted by molar-refractivity contribution is 5.18. The van der Waals surface area contributed by atoms with Crippen LogP contribution in [0, 0.1) is 11.6 Å². The van der Waals surface area contributed by atoms with E-state index >= 15 is 0 Å². The molecule has 0 radical (unpaired) electrons. The number of aromatic nitrogens is 2. The Kier molecular flexibility index (Phi) is 5.24. The minimum absolute atomic E-state index is 0.0417. The fraction of sp³-hybridized carbons (Fsp3) is 0.500. The SMILES string of the molecule is CC1CN(Cc2nnc(C(F)(F)F)o2)CCN1Cc1cc(F)cc(F)c1. The van der Waals surface area contributed by atoms with Crippen LogP contribution in [0.1, 0.15) is 24.3 Å². The highest BCUT2D eigenvalue weighted by Gasteiger charge is 2.38. The van der Waals surface area contributed by atoms with Crippen molar-refractivity contribution < 1.29 is 26.4 Å². The molecule has 1 atom stereocenters. The summed E-state index contributed by atoms with van der Waals surface area (Å²) in [6, 6.07) is 3.45. The number of nitrogens with zero attached hydrogens (tertiary/aromatic N) is 4. The number of rotatable bonds is 4. The van der Waals surface area contributed by atoms with Gasteiger partial charge in [-0.05, 0) is 24.6 Å². The molecule has 26 heavy (non-hydrogen) atoms. The molecule has 0 saturated carbocycles. The van der Waals surface area contributed by atoms with Crippen LogP contribution in [0.25, 0.3) is 0 Å². The predicted octanol–water partition coefficient (Wildman–Crippen LogP) is 3.07. The molecule has 2 heterocycles. The molecule has 0 bridgehead atoms. The smallest absolute Gasteiger partial charge is 0.416 e. The van der Waals surface area contributed by atoms with E-state index in [0.717, 1.165) is 6.07 Å². The fourth-order valence-corrected chi connectivity index (χ4v) is 3.01. The Morgan fingerprint density at radius 1 is 1.08 bits per heavy atom. The number of alkyl halides is 3. The summed E-state index contributed by atoms with van der Waals surface area (Å²) in [5.74, 6) is -2.69. The first kappa shape index (κ1) is 18.7. The van der Waals surface area contributed by atoms with Crippen molar-refractivity contribution in [2.75, 3.05) is 19.6 Å². The standard InChI is InChI=1S/C16H17F5N4O/c1-10-7-24(9-14-22-23-15(26-14)16(19,20)21)2-3-25(10)8-11-4-12(17)6-13(18)5-11/h4-6,10H,2-3,7-9H2,1H3. The van der Waals surface area contributed by atoms with Gasteiger partial charge in [0.1, 0.15) is 11.6 Å². The van der Waals surface area contributed by atoms with E-state index in [9.17, 15) is 22.0 Å². The van der Waals surface area contributed by atoms with E-state index in [1.54, 1.807) is 0 Å². The molecule has 2 aromatic rings. The zero-order chi connectivity index (χ0) is 18.9. The third-order valence-electron chi connectivity index (χ3n) is 4.23. The molecular formula is C16H17F5N4O. The lowest BCUT2D eigenvalue weighted by molar-refractivity contribution is -0.157. The van der Waals surface area contributed by atoms with Crippen LogP contribution in [0.5, 0.6) is 0 Å². The number of halogens is 5. The van der Waals surface area contributed by atoms with Gasteiger partial charge in [-0.15, -0.1) is 10.2 Å². The van der Waals surface area contributed by atoms with Gasteiger partial charge in [-0.2, -0.15) is 13.2 Å². The van der Waals surface area contributed by atoms with Gasteiger partial charge in [-0.1, -0.05) is 0 Å². The number of piperazine rings is 1. The minimum Gasteiger partial charge on any atom is -0.416 e. The summed E-state index contributed by atoms with van der Waals surface area (Å²) in [6.45, 7) is 4.17. The summed E-state index contributed by atoms with van der Waals surface area (Å²) >= 11 is 0. The Morgan fingerprint density at radius 2 is 1.77 bits per heavy atom. The van der Waals surface area contributed by atoms with E-state index in [0.29, 0.717) is 31.7 Å². The van der Waals surface area contributed by atoms with Gasteiger partial charge in [-0.3, -0.25) is 9.80 Å². The first-order chi connectivity index (χ1) is 12.2. The molecule has 0 aliphatic carbocycles. The van der Waals surface area contributed by atoms with Crippen LogP contribution in [-0.4, -0.2) is 45.7 Å². The van der Waals surface area contributed by atoms with Crippen LogP contribution in [0.3, 0.4) is 0 Å². The molecule has 1 saturated heterocycles. The van der Waals surface area contributed by atoms with E-state index in [4.69, 9.17) is 0 Å². The van der Waals surface area contributed by atoms with Crippen molar-refractivity contribution in [3.8, 4) is 0 Å². The monoisotopic (exact) mass is 376 g/mol. The Balaban J connectivity index is 1.57. The lowest BCUT2D eigenvalue weighted by Crippen LogP contribution is -2.50. The number of hydrogen-bond donors (Lipinski definition) is 0. The molecule has 0 spiro atoms. The highest BCUT2D eigenvalue weighted by Crippen LogP contribution is 2.28. The second-order valence-corrected chi connectivity index (χ2v) is 6.33. The molecule has 142 valence electrons. The van der Waals surface area contributed by atoms with Gasteiger partial charge in [0.2, 0.25) is 5.89 Å². The van der Waals surface area contributed by atoms with Gasteiger partial charge in [0.25, 0.3) is 0 Å². The van der Waals surface area contributed by atoms with Crippen molar-refractivity contribution in [1.82, 2.24) is 20.0 Å². The largest absolute Gasteiger partial charge is 0.470 e. The molecule has 5 nitrogen and oxygen atoms in total. The zero-order valence-electron chi connectivity index (χ0n) is 13.9. The van der Waals surface area contributed by atoms with Gasteiger partial charge in [0, 0.05) is 38.3 Å². The first-order valence-electron chi connectivity index (χ1n) is 8.01. The second-order valence-electron chi connectivity index (χ2n) is 6.33. The van der Waals surface area contributed by atoms with E-state index in [1.165, 1.54) is 12.1 Å². The van der Waals surface area contributed by atoms with E-state index < -0.39 is 23.7 Å². The molecule has 0 amide bonds. The van der Waals surface area contributed by atoms with Crippen LogP contribution in [0.4, 0.5) is 22.0 Å². The Morgan fingerprint density at radius 3 is 2.35 bits per heavy atom. The van der Waals surface area contributed by atoms with Crippen LogP contribution < -0.4 is 0 Å². The van der Waals surface area contributed by atoms with Crippen molar-refractivity contribution in [3.05, 3.63) is 47.2 Å². The van der Waals surface area contributed by atoms with Crippen molar-refractivity contribution >= 4 is 0 Å². The molecule has 3 rings (SSSR count). The third-order valence-corrected chi connectivity index (χ3v) is 4.23. The van der Waals surface area contributed by atoms with Crippen LogP contribution >= 0.6 is 0 Å². The van der Waals surface area contributed by atoms with Crippen molar-refractivity contribution in [3.63, 3.8) is 0 Å². The molecule has 0 N–H and O–H groups in total. The van der Waals surface area contributed by atoms with Crippen LogP contribution in [-0.2, 0) is 19.3 Å². The lowest BCUT2D eigenvalue weighted by atomic mass is 10.1. The summed E-state index contributed by atoms with van der Waals surface area (Å²) in [7, 11) is 0. The second kappa shape index (κ2) is 7.28. The lowest BCUT2D eigenvalue weighted by Gasteiger charge is -2.39. The topological polar surface area (TPSA) is 45.4 Å². The van der Waals surface area contributed by atoms with Gasteiger partial charge in [0.05, 0.1) is 6.54 Å². The van der Waals surface area contributed by atoms with Gasteiger partial charge in [-0.25, -0.2) is 8.78 Å². The fourth-order valence-electron chi connectivity index (χ4n) is 3.01. The van der Waals surface area contributed by atoms with E-state index in [-0.39, 0.29) is 18.5 Å². The summed E-state index contributed by atoms with van der Waals surface area (Å²) < 4.78 is 68.7. The van der Waals surface area contributed by atoms with Crippen molar-refractivity contribution in [2.24, 2.45) is 0 Å². The molecule has 1 aromatic carbocycles. The Bertz CT molecular complexity index is 743. The molecular weight excluding hydrogens is 359 g/mol. The van der Waals surface area contributed by atoms with Crippen LogP contribution in [0.15, 0.2) is 22.6 Å². The first-order valence-corrected chi connectivity index (χ1v) is 8.01. The molecule has 1 fully saturated rings. The maximum atomic E-state index is 13.3. The minimum atomic E-state index is -4.66. The Hall–Kier alpha value is -2.07.